The van der Waals surface area contributed by atoms with E-state index in [-0.39, 0.29) is 24.9 Å². The molecule has 0 saturated carbocycles. The zero-order chi connectivity index (χ0) is 17.2. The van der Waals surface area contributed by atoms with Gasteiger partial charge in [0.2, 0.25) is 0 Å². The minimum Gasteiger partial charge on any atom is -0.323 e. The monoisotopic (exact) mass is 326 g/mol. The highest BCUT2D eigenvalue weighted by atomic mass is 16.2. The maximum absolute atomic E-state index is 12.6. The number of nitrogens with one attached hydrogen (secondary N) is 1. The summed E-state index contributed by atoms with van der Waals surface area (Å²) in [7, 11) is 0. The van der Waals surface area contributed by atoms with Crippen molar-refractivity contribution in [1.82, 2.24) is 15.1 Å². The van der Waals surface area contributed by atoms with Crippen LogP contribution in [0.1, 0.15) is 30.4 Å². The second-order valence-electron chi connectivity index (χ2n) is 6.64. The van der Waals surface area contributed by atoms with Gasteiger partial charge < -0.3 is 5.32 Å². The molecule has 0 unspecified atom stereocenters. The normalized spacial score (nSPS) is 20.2. The van der Waals surface area contributed by atoms with Gasteiger partial charge >= 0.3 is 6.03 Å². The number of nitriles is 1. The predicted molar refractivity (Wildman–Crippen MR) is 88.9 cm³/mol. The number of imide groups is 1. The van der Waals surface area contributed by atoms with Crippen LogP contribution in [0.15, 0.2) is 24.3 Å². The lowest BCUT2D eigenvalue weighted by atomic mass is 9.87. The van der Waals surface area contributed by atoms with Crippen molar-refractivity contribution in [3.63, 3.8) is 0 Å². The Kier molecular flexibility index (Phi) is 4.54. The SMILES string of the molecule is Cc1ccc(CN2CCC3(CC2)NC(=O)N(CCC#N)C3=O)cc1. The van der Waals surface area contributed by atoms with Gasteiger partial charge in [-0.05, 0) is 25.3 Å². The van der Waals surface area contributed by atoms with Gasteiger partial charge in [0, 0.05) is 26.2 Å². The zero-order valence-corrected chi connectivity index (χ0v) is 13.9. The second-order valence-corrected chi connectivity index (χ2v) is 6.64. The van der Waals surface area contributed by atoms with Crippen molar-refractivity contribution in [3.8, 4) is 6.07 Å². The topological polar surface area (TPSA) is 76.4 Å². The second kappa shape index (κ2) is 6.62. The van der Waals surface area contributed by atoms with E-state index in [9.17, 15) is 9.59 Å². The molecule has 1 spiro atoms. The average molecular weight is 326 g/mol. The molecule has 2 heterocycles. The first-order valence-corrected chi connectivity index (χ1v) is 8.33. The first-order chi connectivity index (χ1) is 11.5. The van der Waals surface area contributed by atoms with E-state index in [0.29, 0.717) is 12.8 Å². The summed E-state index contributed by atoms with van der Waals surface area (Å²) in [5.41, 5.74) is 1.73. The number of hydrogen-bond acceptors (Lipinski definition) is 4. The fourth-order valence-corrected chi connectivity index (χ4v) is 3.42. The number of likely N-dealkylation sites (tertiary alicyclic amines) is 1. The number of urea groups is 1. The molecule has 1 N–H and O–H groups in total. The third-order valence-corrected chi connectivity index (χ3v) is 4.93. The summed E-state index contributed by atoms with van der Waals surface area (Å²) in [5.74, 6) is -0.169. The molecule has 0 atom stereocenters. The molecule has 0 bridgehead atoms. The largest absolute Gasteiger partial charge is 0.325 e. The Morgan fingerprint density at radius 3 is 2.50 bits per heavy atom. The van der Waals surface area contributed by atoms with Crippen molar-refractivity contribution in [3.05, 3.63) is 35.4 Å². The Labute approximate surface area is 142 Å². The van der Waals surface area contributed by atoms with E-state index >= 15 is 0 Å². The van der Waals surface area contributed by atoms with Crippen LogP contribution in [-0.2, 0) is 11.3 Å². The summed E-state index contributed by atoms with van der Waals surface area (Å²) in [6.45, 7) is 4.64. The first kappa shape index (κ1) is 16.5. The molecule has 0 aliphatic carbocycles. The molecule has 2 saturated heterocycles. The highest BCUT2D eigenvalue weighted by Crippen LogP contribution is 2.30. The van der Waals surface area contributed by atoms with Crippen LogP contribution in [0.2, 0.25) is 0 Å². The molecule has 0 aromatic heterocycles. The lowest BCUT2D eigenvalue weighted by molar-refractivity contribution is -0.133. The summed E-state index contributed by atoms with van der Waals surface area (Å²) in [6, 6.07) is 10.1. The lowest BCUT2D eigenvalue weighted by Crippen LogP contribution is -2.54. The molecule has 3 amide bonds. The summed E-state index contributed by atoms with van der Waals surface area (Å²) >= 11 is 0. The molecule has 0 radical (unpaired) electrons. The van der Waals surface area contributed by atoms with Crippen LogP contribution in [0.4, 0.5) is 4.79 Å². The number of carbonyl (C=O) groups excluding carboxylic acids is 2. The molecule has 2 aliphatic rings. The van der Waals surface area contributed by atoms with Gasteiger partial charge in [-0.3, -0.25) is 14.6 Å². The highest BCUT2D eigenvalue weighted by molar-refractivity contribution is 6.07. The van der Waals surface area contributed by atoms with E-state index < -0.39 is 5.54 Å². The Balaban J connectivity index is 1.60. The molecule has 3 rings (SSSR count). The van der Waals surface area contributed by atoms with E-state index in [1.54, 1.807) is 0 Å². The molecule has 24 heavy (non-hydrogen) atoms. The van der Waals surface area contributed by atoms with E-state index in [1.165, 1.54) is 16.0 Å². The summed E-state index contributed by atoms with van der Waals surface area (Å²) < 4.78 is 0. The van der Waals surface area contributed by atoms with Gasteiger partial charge in [0.1, 0.15) is 5.54 Å². The smallest absolute Gasteiger partial charge is 0.323 e. The van der Waals surface area contributed by atoms with Crippen molar-refractivity contribution in [1.29, 1.82) is 5.26 Å². The third kappa shape index (κ3) is 3.13. The first-order valence-electron chi connectivity index (χ1n) is 8.33. The van der Waals surface area contributed by atoms with Crippen molar-refractivity contribution >= 4 is 11.9 Å². The van der Waals surface area contributed by atoms with Crippen LogP contribution in [0.3, 0.4) is 0 Å². The summed E-state index contributed by atoms with van der Waals surface area (Å²) in [5, 5.41) is 11.5. The van der Waals surface area contributed by atoms with Crippen LogP contribution in [0.25, 0.3) is 0 Å². The Morgan fingerprint density at radius 1 is 1.21 bits per heavy atom. The van der Waals surface area contributed by atoms with E-state index in [4.69, 9.17) is 5.26 Å². The Hall–Kier alpha value is -2.39. The Morgan fingerprint density at radius 2 is 1.88 bits per heavy atom. The number of piperidine rings is 1. The molecule has 1 aromatic carbocycles. The molecule has 6 nitrogen and oxygen atoms in total. The van der Waals surface area contributed by atoms with Crippen LogP contribution < -0.4 is 5.32 Å². The minimum atomic E-state index is -0.768. The zero-order valence-electron chi connectivity index (χ0n) is 13.9. The molecule has 1 aromatic rings. The van der Waals surface area contributed by atoms with Crippen molar-refractivity contribution in [2.45, 2.75) is 38.3 Å². The van der Waals surface area contributed by atoms with Crippen molar-refractivity contribution in [2.75, 3.05) is 19.6 Å². The van der Waals surface area contributed by atoms with Gasteiger partial charge in [-0.25, -0.2) is 4.79 Å². The quantitative estimate of drug-likeness (QED) is 0.856. The molecule has 2 fully saturated rings. The molecular weight excluding hydrogens is 304 g/mol. The van der Waals surface area contributed by atoms with Gasteiger partial charge in [0.15, 0.2) is 0 Å². The number of benzene rings is 1. The summed E-state index contributed by atoms with van der Waals surface area (Å²) in [6.07, 6.45) is 1.41. The average Bonchev–Trinajstić information content (AvgIpc) is 2.80. The Bertz CT molecular complexity index is 669. The number of aryl methyl sites for hydroxylation is 1. The molecule has 2 aliphatic heterocycles. The van der Waals surface area contributed by atoms with Crippen molar-refractivity contribution in [2.24, 2.45) is 0 Å². The van der Waals surface area contributed by atoms with Crippen LogP contribution in [0.5, 0.6) is 0 Å². The van der Waals surface area contributed by atoms with Gasteiger partial charge in [0.25, 0.3) is 5.91 Å². The van der Waals surface area contributed by atoms with Crippen LogP contribution >= 0.6 is 0 Å². The number of nitrogens with zero attached hydrogens (tertiary/aromatic N) is 3. The predicted octanol–water partition coefficient (Wildman–Crippen LogP) is 1.80. The van der Waals surface area contributed by atoms with Gasteiger partial charge in [-0.15, -0.1) is 0 Å². The van der Waals surface area contributed by atoms with Crippen molar-refractivity contribution < 1.29 is 9.59 Å². The molecule has 6 heteroatoms. The number of carbonyl (C=O) groups is 2. The number of amides is 3. The van der Waals surface area contributed by atoms with E-state index in [2.05, 4.69) is 41.4 Å². The maximum Gasteiger partial charge on any atom is 0.325 e. The molecule has 126 valence electrons. The number of rotatable bonds is 4. The fourth-order valence-electron chi connectivity index (χ4n) is 3.42. The van der Waals surface area contributed by atoms with Gasteiger partial charge in [-0.1, -0.05) is 29.8 Å². The highest BCUT2D eigenvalue weighted by Gasteiger charge is 2.51. The third-order valence-electron chi connectivity index (χ3n) is 4.93. The minimum absolute atomic E-state index is 0.169. The van der Waals surface area contributed by atoms with E-state index in [0.717, 1.165) is 19.6 Å². The molecular formula is C18H22N4O2. The van der Waals surface area contributed by atoms with E-state index in [1.807, 2.05) is 6.07 Å². The maximum atomic E-state index is 12.6. The van der Waals surface area contributed by atoms with Crippen LogP contribution in [-0.4, -0.2) is 46.9 Å². The number of hydrogen-bond donors (Lipinski definition) is 1. The standard InChI is InChI=1S/C18H22N4O2/c1-14-3-5-15(6-4-14)13-21-11-7-18(8-12-21)16(23)22(10-2-9-19)17(24)20-18/h3-6H,2,7-8,10-13H2,1H3,(H,20,24). The fraction of sp³-hybridized carbons (Fsp3) is 0.500. The van der Waals surface area contributed by atoms with Gasteiger partial charge in [0.05, 0.1) is 12.5 Å². The lowest BCUT2D eigenvalue weighted by Gasteiger charge is -2.37. The van der Waals surface area contributed by atoms with Gasteiger partial charge in [-0.2, -0.15) is 5.26 Å². The van der Waals surface area contributed by atoms with Crippen LogP contribution in [0, 0.1) is 18.3 Å². The summed E-state index contributed by atoms with van der Waals surface area (Å²) in [4.78, 5) is 28.2.